The molecule has 7 heteroatoms. The summed E-state index contributed by atoms with van der Waals surface area (Å²) in [5.74, 6) is 0.531. The molecule has 0 aliphatic carbocycles. The van der Waals surface area contributed by atoms with E-state index < -0.39 is 0 Å². The fraction of sp³-hybridized carbons (Fsp3) is 0.438. The van der Waals surface area contributed by atoms with Crippen molar-refractivity contribution in [3.8, 4) is 0 Å². The number of hydrogen-bond donors (Lipinski definition) is 1. The van der Waals surface area contributed by atoms with E-state index in [9.17, 15) is 9.59 Å². The van der Waals surface area contributed by atoms with Gasteiger partial charge in [0.2, 0.25) is 0 Å². The van der Waals surface area contributed by atoms with Crippen LogP contribution in [0.5, 0.6) is 0 Å². The molecule has 1 N–H and O–H groups in total. The number of halogens is 1. The smallest absolute Gasteiger partial charge is 0.270 e. The minimum Gasteiger partial charge on any atom is -0.326 e. The fourth-order valence-corrected chi connectivity index (χ4v) is 4.02. The van der Waals surface area contributed by atoms with Crippen LogP contribution in [0.2, 0.25) is 5.02 Å². The summed E-state index contributed by atoms with van der Waals surface area (Å²) in [4.78, 5) is 33.6. The minimum absolute atomic E-state index is 0.128. The van der Waals surface area contributed by atoms with Crippen molar-refractivity contribution < 1.29 is 4.79 Å². The molecule has 0 amide bonds. The first kappa shape index (κ1) is 16.4. The number of aromatic nitrogens is 2. The lowest BCUT2D eigenvalue weighted by Crippen LogP contribution is -2.35. The van der Waals surface area contributed by atoms with Crippen LogP contribution in [-0.4, -0.2) is 33.7 Å². The molecule has 0 atom stereocenters. The molecule has 2 aromatic rings. The summed E-state index contributed by atoms with van der Waals surface area (Å²) >= 11 is 7.43. The highest BCUT2D eigenvalue weighted by atomic mass is 35.5. The highest BCUT2D eigenvalue weighted by Crippen LogP contribution is 2.28. The summed E-state index contributed by atoms with van der Waals surface area (Å²) in [5.41, 5.74) is 0.421. The second kappa shape index (κ2) is 7.38. The molecule has 0 bridgehead atoms. The summed E-state index contributed by atoms with van der Waals surface area (Å²) in [6, 6.07) is 1.77. The van der Waals surface area contributed by atoms with Gasteiger partial charge in [0.25, 0.3) is 5.56 Å². The number of likely N-dealkylation sites (tertiary alicyclic amines) is 1. The Bertz CT molecular complexity index is 735. The van der Waals surface area contributed by atoms with E-state index in [1.54, 1.807) is 18.5 Å². The Hall–Kier alpha value is -1.50. The van der Waals surface area contributed by atoms with Crippen LogP contribution in [0.4, 0.5) is 0 Å². The number of ketones is 1. The third-order valence-corrected chi connectivity index (χ3v) is 5.59. The average Bonchev–Trinajstić information content (AvgIpc) is 2.98. The van der Waals surface area contributed by atoms with Gasteiger partial charge in [-0.1, -0.05) is 11.6 Å². The topological polar surface area (TPSA) is 66.1 Å². The van der Waals surface area contributed by atoms with Crippen molar-refractivity contribution in [2.75, 3.05) is 13.1 Å². The Kier molecular flexibility index (Phi) is 5.25. The number of hydrogen-bond acceptors (Lipinski definition) is 5. The summed E-state index contributed by atoms with van der Waals surface area (Å²) in [7, 11) is 0. The SMILES string of the molecule is O=C(CC1CCN(Cc2ncc[nH]c2=O)CC1)c1sccc1Cl. The van der Waals surface area contributed by atoms with E-state index in [0.717, 1.165) is 25.9 Å². The summed E-state index contributed by atoms with van der Waals surface area (Å²) in [5, 5.41) is 2.41. The molecule has 3 heterocycles. The van der Waals surface area contributed by atoms with Crippen LogP contribution in [0.15, 0.2) is 28.6 Å². The molecule has 2 aromatic heterocycles. The number of nitrogens with one attached hydrogen (secondary N) is 1. The summed E-state index contributed by atoms with van der Waals surface area (Å²) in [6.45, 7) is 2.33. The highest BCUT2D eigenvalue weighted by molar-refractivity contribution is 7.12. The van der Waals surface area contributed by atoms with Crippen LogP contribution in [0.25, 0.3) is 0 Å². The standard InChI is InChI=1S/C16H18ClN3O2S/c17-12-3-8-23-15(12)14(21)9-11-1-6-20(7-2-11)10-13-16(22)19-5-4-18-13/h3-5,8,11H,1-2,6-7,9-10H2,(H,19,22). The van der Waals surface area contributed by atoms with Gasteiger partial charge in [0, 0.05) is 25.4 Å². The van der Waals surface area contributed by atoms with E-state index in [4.69, 9.17) is 11.6 Å². The van der Waals surface area contributed by atoms with Crippen molar-refractivity contribution in [3.63, 3.8) is 0 Å². The van der Waals surface area contributed by atoms with Gasteiger partial charge in [0.15, 0.2) is 5.78 Å². The van der Waals surface area contributed by atoms with Gasteiger partial charge in [0.1, 0.15) is 5.69 Å². The van der Waals surface area contributed by atoms with Crippen LogP contribution in [0, 0.1) is 5.92 Å². The summed E-state index contributed by atoms with van der Waals surface area (Å²) < 4.78 is 0. The Balaban J connectivity index is 1.51. The third-order valence-electron chi connectivity index (χ3n) is 4.21. The first-order valence-corrected chi connectivity index (χ1v) is 8.90. The lowest BCUT2D eigenvalue weighted by Gasteiger charge is -2.31. The first-order chi connectivity index (χ1) is 11.1. The average molecular weight is 352 g/mol. The van der Waals surface area contributed by atoms with Crippen molar-refractivity contribution in [2.45, 2.75) is 25.8 Å². The number of piperidine rings is 1. The van der Waals surface area contributed by atoms with Gasteiger partial charge in [-0.3, -0.25) is 19.5 Å². The van der Waals surface area contributed by atoms with Crippen molar-refractivity contribution in [1.29, 1.82) is 0 Å². The van der Waals surface area contributed by atoms with E-state index in [-0.39, 0.29) is 11.3 Å². The van der Waals surface area contributed by atoms with E-state index >= 15 is 0 Å². The monoisotopic (exact) mass is 351 g/mol. The minimum atomic E-state index is -0.128. The van der Waals surface area contributed by atoms with Gasteiger partial charge in [-0.15, -0.1) is 11.3 Å². The second-order valence-electron chi connectivity index (χ2n) is 5.81. The van der Waals surface area contributed by atoms with Crippen molar-refractivity contribution >= 4 is 28.7 Å². The molecule has 0 spiro atoms. The largest absolute Gasteiger partial charge is 0.326 e. The van der Waals surface area contributed by atoms with Crippen LogP contribution in [0.1, 0.15) is 34.6 Å². The lowest BCUT2D eigenvalue weighted by atomic mass is 9.91. The molecular weight excluding hydrogens is 334 g/mol. The van der Waals surface area contributed by atoms with Crippen LogP contribution in [-0.2, 0) is 6.54 Å². The van der Waals surface area contributed by atoms with Crippen molar-refractivity contribution in [1.82, 2.24) is 14.9 Å². The molecule has 0 aromatic carbocycles. The quantitative estimate of drug-likeness (QED) is 0.841. The fourth-order valence-electron chi connectivity index (χ4n) is 2.90. The third kappa shape index (κ3) is 4.07. The zero-order valence-corrected chi connectivity index (χ0v) is 14.2. The molecule has 1 fully saturated rings. The Labute approximate surface area is 143 Å². The molecule has 0 radical (unpaired) electrons. The normalized spacial score (nSPS) is 16.6. The molecule has 1 aliphatic heterocycles. The lowest BCUT2D eigenvalue weighted by molar-refractivity contribution is 0.0928. The maximum absolute atomic E-state index is 12.3. The van der Waals surface area contributed by atoms with Gasteiger partial charge in [-0.05, 0) is 43.3 Å². The number of aromatic amines is 1. The Morgan fingerprint density at radius 1 is 1.43 bits per heavy atom. The maximum Gasteiger partial charge on any atom is 0.270 e. The summed E-state index contributed by atoms with van der Waals surface area (Å²) in [6.07, 6.45) is 5.61. The Morgan fingerprint density at radius 2 is 2.22 bits per heavy atom. The van der Waals surface area contributed by atoms with E-state index in [0.29, 0.717) is 34.5 Å². The van der Waals surface area contributed by atoms with E-state index in [1.165, 1.54) is 11.3 Å². The Morgan fingerprint density at radius 3 is 2.87 bits per heavy atom. The molecule has 0 saturated carbocycles. The highest BCUT2D eigenvalue weighted by Gasteiger charge is 2.24. The van der Waals surface area contributed by atoms with Crippen LogP contribution < -0.4 is 5.56 Å². The zero-order valence-electron chi connectivity index (χ0n) is 12.6. The number of carbonyl (C=O) groups is 1. The van der Waals surface area contributed by atoms with Gasteiger partial charge in [-0.2, -0.15) is 0 Å². The number of thiophene rings is 1. The molecule has 3 rings (SSSR count). The van der Waals surface area contributed by atoms with Gasteiger partial charge >= 0.3 is 0 Å². The van der Waals surface area contributed by atoms with Crippen LogP contribution in [0.3, 0.4) is 0 Å². The molecule has 5 nitrogen and oxygen atoms in total. The number of Topliss-reactive ketones (excluding diaryl/α,β-unsaturated/α-hetero) is 1. The molecule has 122 valence electrons. The van der Waals surface area contributed by atoms with Crippen molar-refractivity contribution in [2.24, 2.45) is 5.92 Å². The molecule has 0 unspecified atom stereocenters. The molecular formula is C16H18ClN3O2S. The number of carbonyl (C=O) groups excluding carboxylic acids is 1. The number of rotatable bonds is 5. The maximum atomic E-state index is 12.3. The number of nitrogens with zero attached hydrogens (tertiary/aromatic N) is 2. The zero-order chi connectivity index (χ0) is 16.2. The van der Waals surface area contributed by atoms with Gasteiger partial charge < -0.3 is 4.98 Å². The van der Waals surface area contributed by atoms with Crippen molar-refractivity contribution in [3.05, 3.63) is 49.8 Å². The van der Waals surface area contributed by atoms with Gasteiger partial charge in [0.05, 0.1) is 9.90 Å². The molecule has 1 saturated heterocycles. The van der Waals surface area contributed by atoms with Crippen LogP contribution >= 0.6 is 22.9 Å². The van der Waals surface area contributed by atoms with Gasteiger partial charge in [-0.25, -0.2) is 0 Å². The number of H-pyrrole nitrogens is 1. The molecule has 23 heavy (non-hydrogen) atoms. The van der Waals surface area contributed by atoms with E-state index in [2.05, 4.69) is 14.9 Å². The predicted octanol–water partition coefficient (Wildman–Crippen LogP) is 2.97. The first-order valence-electron chi connectivity index (χ1n) is 7.64. The van der Waals surface area contributed by atoms with E-state index in [1.807, 2.05) is 5.38 Å². The predicted molar refractivity (Wildman–Crippen MR) is 91.1 cm³/mol. The molecule has 1 aliphatic rings. The second-order valence-corrected chi connectivity index (χ2v) is 7.13.